The van der Waals surface area contributed by atoms with E-state index in [4.69, 9.17) is 10.5 Å². The summed E-state index contributed by atoms with van der Waals surface area (Å²) >= 11 is 0. The maximum absolute atomic E-state index is 12.3. The molecule has 160 valence electrons. The molecule has 0 saturated carbocycles. The fourth-order valence-electron chi connectivity index (χ4n) is 2.25. The minimum absolute atomic E-state index is 0. The molecule has 2 rings (SSSR count). The molecule has 7 nitrogen and oxygen atoms in total. The van der Waals surface area contributed by atoms with Crippen LogP contribution in [0, 0.1) is 12.3 Å². The van der Waals surface area contributed by atoms with E-state index in [1.54, 1.807) is 24.3 Å². The Balaban J connectivity index is 0.00000392. The smallest absolute Gasteiger partial charge is 0.269 e. The number of halogens is 2. The lowest BCUT2D eigenvalue weighted by Crippen LogP contribution is -2.45. The number of carbonyl (C=O) groups excluding carboxylic acids is 2. The Morgan fingerprint density at radius 2 is 1.79 bits per heavy atom. The van der Waals surface area contributed by atoms with E-state index in [9.17, 15) is 9.59 Å². The zero-order valence-electron chi connectivity index (χ0n) is 17.1. The van der Waals surface area contributed by atoms with Gasteiger partial charge in [-0.15, -0.1) is 24.8 Å². The van der Waals surface area contributed by atoms with Crippen molar-refractivity contribution in [1.82, 2.24) is 10.3 Å². The molecule has 1 atom stereocenters. The molecule has 0 fully saturated rings. The number of rotatable bonds is 5. The van der Waals surface area contributed by atoms with E-state index < -0.39 is 6.04 Å². The number of aromatic nitrogens is 1. The van der Waals surface area contributed by atoms with Gasteiger partial charge in [0.25, 0.3) is 5.91 Å². The van der Waals surface area contributed by atoms with E-state index in [0.29, 0.717) is 17.2 Å². The van der Waals surface area contributed by atoms with Gasteiger partial charge in [0.2, 0.25) is 5.91 Å². The number of pyridine rings is 1. The summed E-state index contributed by atoms with van der Waals surface area (Å²) in [4.78, 5) is 28.1. The zero-order chi connectivity index (χ0) is 20.2. The van der Waals surface area contributed by atoms with Crippen molar-refractivity contribution in [2.24, 2.45) is 11.1 Å². The van der Waals surface area contributed by atoms with Crippen LogP contribution >= 0.6 is 24.8 Å². The summed E-state index contributed by atoms with van der Waals surface area (Å²) in [5, 5.41) is 5.34. The highest BCUT2D eigenvalue weighted by molar-refractivity contribution is 5.95. The van der Waals surface area contributed by atoms with Gasteiger partial charge in [-0.1, -0.05) is 26.8 Å². The number of nitrogens with zero attached hydrogens (tertiary/aromatic N) is 1. The highest BCUT2D eigenvalue weighted by Crippen LogP contribution is 2.28. The number of nitrogens with one attached hydrogen (secondary N) is 2. The third-order valence-corrected chi connectivity index (χ3v) is 4.09. The average molecular weight is 443 g/mol. The van der Waals surface area contributed by atoms with Crippen molar-refractivity contribution in [1.29, 1.82) is 0 Å². The van der Waals surface area contributed by atoms with Crippen LogP contribution in [0.4, 0.5) is 5.69 Å². The third-order valence-electron chi connectivity index (χ3n) is 4.09. The number of anilines is 1. The second-order valence-corrected chi connectivity index (χ2v) is 7.37. The van der Waals surface area contributed by atoms with Crippen molar-refractivity contribution in [3.8, 4) is 11.5 Å². The van der Waals surface area contributed by atoms with E-state index >= 15 is 0 Å². The monoisotopic (exact) mass is 442 g/mol. The standard InChI is InChI=1S/C20H26N4O3.2ClH/c1-12-6-7-13(24-19(26)17(21)20(2,3)4)10-16(12)27-14-8-9-23-15(11-14)18(25)22-5;;/h6-11,17H,21H2,1-5H3,(H,22,25)(H,24,26);2*1H/t17-;;/m1../s1. The summed E-state index contributed by atoms with van der Waals surface area (Å²) in [5.41, 5.74) is 7.38. The van der Waals surface area contributed by atoms with E-state index in [1.165, 1.54) is 13.2 Å². The second kappa shape index (κ2) is 11.0. The summed E-state index contributed by atoms with van der Waals surface area (Å²) in [5.74, 6) is 0.477. The van der Waals surface area contributed by atoms with Crippen LogP contribution in [-0.4, -0.2) is 29.9 Å². The van der Waals surface area contributed by atoms with Crippen LogP contribution in [0.5, 0.6) is 11.5 Å². The number of amides is 2. The normalized spacial score (nSPS) is 11.4. The molecule has 0 bridgehead atoms. The van der Waals surface area contributed by atoms with Gasteiger partial charge < -0.3 is 21.1 Å². The van der Waals surface area contributed by atoms with E-state index in [2.05, 4.69) is 15.6 Å². The Bertz CT molecular complexity index is 854. The molecule has 29 heavy (non-hydrogen) atoms. The molecule has 0 unspecified atom stereocenters. The van der Waals surface area contributed by atoms with E-state index in [1.807, 2.05) is 33.8 Å². The van der Waals surface area contributed by atoms with Gasteiger partial charge in [-0.25, -0.2) is 0 Å². The van der Waals surface area contributed by atoms with Crippen molar-refractivity contribution in [2.45, 2.75) is 33.7 Å². The maximum atomic E-state index is 12.3. The minimum atomic E-state index is -0.640. The highest BCUT2D eigenvalue weighted by atomic mass is 35.5. The molecule has 2 aromatic rings. The molecule has 1 aromatic carbocycles. The number of nitrogens with two attached hydrogens (primary N) is 1. The predicted molar refractivity (Wildman–Crippen MR) is 119 cm³/mol. The van der Waals surface area contributed by atoms with Gasteiger partial charge in [-0.2, -0.15) is 0 Å². The minimum Gasteiger partial charge on any atom is -0.457 e. The maximum Gasteiger partial charge on any atom is 0.269 e. The van der Waals surface area contributed by atoms with Crippen LogP contribution in [0.15, 0.2) is 36.5 Å². The summed E-state index contributed by atoms with van der Waals surface area (Å²) in [6.45, 7) is 7.62. The Kier molecular flexibility index (Phi) is 10.1. The molecule has 0 spiro atoms. The lowest BCUT2D eigenvalue weighted by Gasteiger charge is -2.26. The number of aryl methyl sites for hydroxylation is 1. The fraction of sp³-hybridized carbons (Fsp3) is 0.350. The second-order valence-electron chi connectivity index (χ2n) is 7.37. The van der Waals surface area contributed by atoms with Crippen LogP contribution in [0.1, 0.15) is 36.8 Å². The van der Waals surface area contributed by atoms with Crippen LogP contribution in [0.2, 0.25) is 0 Å². The van der Waals surface area contributed by atoms with Gasteiger partial charge in [0.1, 0.15) is 17.2 Å². The first-order valence-electron chi connectivity index (χ1n) is 8.65. The third kappa shape index (κ3) is 7.20. The van der Waals surface area contributed by atoms with Crippen LogP contribution in [0.25, 0.3) is 0 Å². The Labute approximate surface area is 183 Å². The Morgan fingerprint density at radius 3 is 2.38 bits per heavy atom. The first-order chi connectivity index (χ1) is 12.6. The summed E-state index contributed by atoms with van der Waals surface area (Å²) in [6.07, 6.45) is 1.50. The molecule has 0 radical (unpaired) electrons. The quantitative estimate of drug-likeness (QED) is 0.654. The van der Waals surface area contributed by atoms with Gasteiger partial charge in [-0.3, -0.25) is 14.6 Å². The van der Waals surface area contributed by atoms with Crippen LogP contribution in [-0.2, 0) is 4.79 Å². The SMILES string of the molecule is CNC(=O)c1cc(Oc2cc(NC(=O)[C@@H](N)C(C)(C)C)ccc2C)ccn1.Cl.Cl. The van der Waals surface area contributed by atoms with Crippen molar-refractivity contribution in [3.63, 3.8) is 0 Å². The average Bonchev–Trinajstić information content (AvgIpc) is 2.62. The number of carbonyl (C=O) groups is 2. The lowest BCUT2D eigenvalue weighted by atomic mass is 9.87. The molecular formula is C20H28Cl2N4O3. The number of ether oxygens (including phenoxy) is 1. The van der Waals surface area contributed by atoms with Crippen molar-refractivity contribution >= 4 is 42.3 Å². The largest absolute Gasteiger partial charge is 0.457 e. The zero-order valence-corrected chi connectivity index (χ0v) is 18.7. The topological polar surface area (TPSA) is 106 Å². The molecule has 0 aliphatic heterocycles. The molecule has 0 aliphatic rings. The van der Waals surface area contributed by atoms with Gasteiger partial charge in [0.05, 0.1) is 6.04 Å². The van der Waals surface area contributed by atoms with Gasteiger partial charge in [0, 0.05) is 31.1 Å². The number of benzene rings is 1. The van der Waals surface area contributed by atoms with Crippen LogP contribution < -0.4 is 21.1 Å². The molecule has 0 saturated heterocycles. The molecule has 1 aromatic heterocycles. The molecular weight excluding hydrogens is 415 g/mol. The van der Waals surface area contributed by atoms with Crippen LogP contribution in [0.3, 0.4) is 0 Å². The molecule has 9 heteroatoms. The Hall–Kier alpha value is -2.35. The molecule has 4 N–H and O–H groups in total. The first-order valence-corrected chi connectivity index (χ1v) is 8.65. The van der Waals surface area contributed by atoms with Gasteiger partial charge in [-0.05, 0) is 30.0 Å². The molecule has 1 heterocycles. The van der Waals surface area contributed by atoms with Gasteiger partial charge >= 0.3 is 0 Å². The number of hydrogen-bond acceptors (Lipinski definition) is 5. The molecule has 2 amide bonds. The van der Waals surface area contributed by atoms with Crippen molar-refractivity contribution in [3.05, 3.63) is 47.8 Å². The van der Waals surface area contributed by atoms with Crippen molar-refractivity contribution in [2.75, 3.05) is 12.4 Å². The van der Waals surface area contributed by atoms with Gasteiger partial charge in [0.15, 0.2) is 0 Å². The Morgan fingerprint density at radius 1 is 1.14 bits per heavy atom. The fourth-order valence-corrected chi connectivity index (χ4v) is 2.25. The van der Waals surface area contributed by atoms with E-state index in [-0.39, 0.29) is 47.7 Å². The highest BCUT2D eigenvalue weighted by Gasteiger charge is 2.27. The summed E-state index contributed by atoms with van der Waals surface area (Å²) < 4.78 is 5.89. The predicted octanol–water partition coefficient (Wildman–Crippen LogP) is 3.70. The van der Waals surface area contributed by atoms with Crippen molar-refractivity contribution < 1.29 is 14.3 Å². The lowest BCUT2D eigenvalue weighted by molar-refractivity contribution is -0.119. The first kappa shape index (κ1) is 26.6. The van der Waals surface area contributed by atoms with E-state index in [0.717, 1.165) is 5.56 Å². The number of hydrogen-bond donors (Lipinski definition) is 3. The summed E-state index contributed by atoms with van der Waals surface area (Å²) in [7, 11) is 1.54. The summed E-state index contributed by atoms with van der Waals surface area (Å²) in [6, 6.07) is 7.93. The molecule has 0 aliphatic carbocycles.